The maximum atomic E-state index is 12.9. The van der Waals surface area contributed by atoms with Crippen LogP contribution >= 0.6 is 23.2 Å². The van der Waals surface area contributed by atoms with Gasteiger partial charge in [0.05, 0.1) is 15.6 Å². The second-order valence-electron chi connectivity index (χ2n) is 5.21. The van der Waals surface area contributed by atoms with E-state index in [0.717, 1.165) is 0 Å². The van der Waals surface area contributed by atoms with Gasteiger partial charge in [-0.05, 0) is 42.5 Å². The Morgan fingerprint density at radius 2 is 1.73 bits per heavy atom. The lowest BCUT2D eigenvalue weighted by Gasteiger charge is -2.24. The van der Waals surface area contributed by atoms with Crippen LogP contribution in [0.3, 0.4) is 0 Å². The Morgan fingerprint density at radius 1 is 1.12 bits per heavy atom. The first-order chi connectivity index (χ1) is 12.1. The Hall–Kier alpha value is -2.29. The van der Waals surface area contributed by atoms with Crippen molar-refractivity contribution in [2.45, 2.75) is 11.8 Å². The SMILES string of the molecule is CC(=O)Nc1ccc(S(=O)(=O)N(CC(=O)O)c2cc(Cl)ccc2Cl)cc1. The monoisotopic (exact) mass is 416 g/mol. The minimum Gasteiger partial charge on any atom is -0.480 e. The zero-order chi connectivity index (χ0) is 19.5. The maximum Gasteiger partial charge on any atom is 0.324 e. The summed E-state index contributed by atoms with van der Waals surface area (Å²) < 4.78 is 26.5. The van der Waals surface area contributed by atoms with Crippen molar-refractivity contribution >= 4 is 56.5 Å². The number of carboxylic acids is 1. The molecule has 0 aliphatic rings. The highest BCUT2D eigenvalue weighted by Crippen LogP contribution is 2.33. The number of aliphatic carboxylic acids is 1. The second-order valence-corrected chi connectivity index (χ2v) is 7.91. The van der Waals surface area contributed by atoms with Crippen molar-refractivity contribution < 1.29 is 23.1 Å². The van der Waals surface area contributed by atoms with Gasteiger partial charge in [0.15, 0.2) is 0 Å². The molecular weight excluding hydrogens is 403 g/mol. The number of hydrogen-bond acceptors (Lipinski definition) is 4. The molecule has 0 aromatic heterocycles. The lowest BCUT2D eigenvalue weighted by Crippen LogP contribution is -2.36. The van der Waals surface area contributed by atoms with Crippen molar-refractivity contribution in [1.29, 1.82) is 0 Å². The van der Waals surface area contributed by atoms with Gasteiger partial charge in [0.1, 0.15) is 6.54 Å². The lowest BCUT2D eigenvalue weighted by molar-refractivity contribution is -0.135. The minimum atomic E-state index is -4.24. The van der Waals surface area contributed by atoms with Crippen LogP contribution < -0.4 is 9.62 Å². The predicted octanol–water partition coefficient (Wildman–Crippen LogP) is 3.23. The zero-order valence-electron chi connectivity index (χ0n) is 13.4. The summed E-state index contributed by atoms with van der Waals surface area (Å²) in [6.07, 6.45) is 0. The first kappa shape index (κ1) is 20.0. The number of nitrogens with one attached hydrogen (secondary N) is 1. The second kappa shape index (κ2) is 7.94. The van der Waals surface area contributed by atoms with E-state index in [9.17, 15) is 18.0 Å². The molecule has 2 rings (SSSR count). The maximum absolute atomic E-state index is 12.9. The topological polar surface area (TPSA) is 104 Å². The van der Waals surface area contributed by atoms with Gasteiger partial charge in [0, 0.05) is 17.6 Å². The molecule has 7 nitrogen and oxygen atoms in total. The summed E-state index contributed by atoms with van der Waals surface area (Å²) in [6, 6.07) is 9.42. The van der Waals surface area contributed by atoms with Crippen molar-refractivity contribution in [2.24, 2.45) is 0 Å². The largest absolute Gasteiger partial charge is 0.480 e. The molecule has 10 heteroatoms. The Morgan fingerprint density at radius 3 is 2.27 bits per heavy atom. The van der Waals surface area contributed by atoms with Crippen LogP contribution in [0.15, 0.2) is 47.4 Å². The van der Waals surface area contributed by atoms with E-state index in [1.165, 1.54) is 49.4 Å². The van der Waals surface area contributed by atoms with Crippen LogP contribution in [-0.2, 0) is 19.6 Å². The van der Waals surface area contributed by atoms with Gasteiger partial charge in [-0.25, -0.2) is 8.42 Å². The zero-order valence-corrected chi connectivity index (χ0v) is 15.8. The highest BCUT2D eigenvalue weighted by Gasteiger charge is 2.29. The third kappa shape index (κ3) is 4.66. The van der Waals surface area contributed by atoms with Crippen LogP contribution in [0.5, 0.6) is 0 Å². The number of benzene rings is 2. The van der Waals surface area contributed by atoms with E-state index >= 15 is 0 Å². The first-order valence-electron chi connectivity index (χ1n) is 7.18. The molecule has 0 spiro atoms. The predicted molar refractivity (Wildman–Crippen MR) is 99.4 cm³/mol. The Bertz CT molecular complexity index is 946. The molecule has 0 aliphatic carbocycles. The van der Waals surface area contributed by atoms with Gasteiger partial charge < -0.3 is 10.4 Å². The van der Waals surface area contributed by atoms with E-state index in [-0.39, 0.29) is 26.5 Å². The van der Waals surface area contributed by atoms with Gasteiger partial charge in [-0.2, -0.15) is 0 Å². The van der Waals surface area contributed by atoms with E-state index < -0.39 is 22.5 Å². The molecule has 2 N–H and O–H groups in total. The van der Waals surface area contributed by atoms with Crippen LogP contribution in [0.2, 0.25) is 10.0 Å². The fourth-order valence-electron chi connectivity index (χ4n) is 2.14. The molecule has 0 atom stereocenters. The molecule has 26 heavy (non-hydrogen) atoms. The molecule has 0 aliphatic heterocycles. The highest BCUT2D eigenvalue weighted by atomic mass is 35.5. The normalized spacial score (nSPS) is 11.0. The number of rotatable bonds is 6. The van der Waals surface area contributed by atoms with Crippen molar-refractivity contribution in [3.63, 3.8) is 0 Å². The number of halogens is 2. The van der Waals surface area contributed by atoms with E-state index in [2.05, 4.69) is 5.32 Å². The van der Waals surface area contributed by atoms with Gasteiger partial charge >= 0.3 is 5.97 Å². The fraction of sp³-hybridized carbons (Fsp3) is 0.125. The van der Waals surface area contributed by atoms with Gasteiger partial charge in [-0.15, -0.1) is 0 Å². The summed E-state index contributed by atoms with van der Waals surface area (Å²) in [7, 11) is -4.24. The number of anilines is 2. The summed E-state index contributed by atoms with van der Waals surface area (Å²) in [5.41, 5.74) is 0.356. The summed E-state index contributed by atoms with van der Waals surface area (Å²) in [6.45, 7) is 0.482. The molecule has 1 amide bonds. The molecule has 0 fully saturated rings. The van der Waals surface area contributed by atoms with Crippen LogP contribution in [0.1, 0.15) is 6.92 Å². The van der Waals surface area contributed by atoms with Crippen molar-refractivity contribution in [3.8, 4) is 0 Å². The van der Waals surface area contributed by atoms with Crippen molar-refractivity contribution in [3.05, 3.63) is 52.5 Å². The fourth-order valence-corrected chi connectivity index (χ4v) is 4.00. The average Bonchev–Trinajstić information content (AvgIpc) is 2.55. The van der Waals surface area contributed by atoms with E-state index in [4.69, 9.17) is 28.3 Å². The molecule has 0 saturated heterocycles. The molecule has 0 saturated carbocycles. The number of nitrogens with zero attached hydrogens (tertiary/aromatic N) is 1. The standard InChI is InChI=1S/C16H14Cl2N2O5S/c1-10(21)19-12-3-5-13(6-4-12)26(24,25)20(9-16(22)23)15-8-11(17)2-7-14(15)18/h2-8H,9H2,1H3,(H,19,21)(H,22,23). The van der Waals surface area contributed by atoms with E-state index in [1.807, 2.05) is 0 Å². The van der Waals surface area contributed by atoms with Gasteiger partial charge in [0.25, 0.3) is 10.0 Å². The first-order valence-corrected chi connectivity index (χ1v) is 9.38. The van der Waals surface area contributed by atoms with Crippen LogP contribution in [-0.4, -0.2) is 31.9 Å². The molecule has 0 bridgehead atoms. The van der Waals surface area contributed by atoms with E-state index in [1.54, 1.807) is 0 Å². The number of carbonyl (C=O) groups is 2. The van der Waals surface area contributed by atoms with Gasteiger partial charge in [0.2, 0.25) is 5.91 Å². The number of carbonyl (C=O) groups excluding carboxylic acids is 1. The summed E-state index contributed by atoms with van der Waals surface area (Å²) in [4.78, 5) is 22.1. The third-order valence-corrected chi connectivity index (χ3v) is 5.55. The molecule has 2 aromatic carbocycles. The quantitative estimate of drug-likeness (QED) is 0.751. The third-order valence-electron chi connectivity index (χ3n) is 3.22. The van der Waals surface area contributed by atoms with Crippen LogP contribution in [0.25, 0.3) is 0 Å². The Kier molecular flexibility index (Phi) is 6.12. The van der Waals surface area contributed by atoms with Gasteiger partial charge in [-0.3, -0.25) is 13.9 Å². The number of amides is 1. The summed E-state index contributed by atoms with van der Waals surface area (Å²) in [5, 5.41) is 11.9. The highest BCUT2D eigenvalue weighted by molar-refractivity contribution is 7.92. The van der Waals surface area contributed by atoms with Crippen molar-refractivity contribution in [2.75, 3.05) is 16.2 Å². The van der Waals surface area contributed by atoms with E-state index in [0.29, 0.717) is 9.99 Å². The lowest BCUT2D eigenvalue weighted by atomic mass is 10.3. The minimum absolute atomic E-state index is 0.0362. The average molecular weight is 417 g/mol. The molecule has 0 unspecified atom stereocenters. The summed E-state index contributed by atoms with van der Waals surface area (Å²) >= 11 is 11.9. The number of carboxylic acid groups (broad SMARTS) is 1. The molecular formula is C16H14Cl2N2O5S. The molecule has 138 valence electrons. The Labute approximate surface area is 160 Å². The molecule has 0 heterocycles. The molecule has 2 aromatic rings. The van der Waals surface area contributed by atoms with Crippen LogP contribution in [0, 0.1) is 0 Å². The molecule has 0 radical (unpaired) electrons. The van der Waals surface area contributed by atoms with Crippen molar-refractivity contribution in [1.82, 2.24) is 0 Å². The van der Waals surface area contributed by atoms with Crippen LogP contribution in [0.4, 0.5) is 11.4 Å². The summed E-state index contributed by atoms with van der Waals surface area (Å²) in [5.74, 6) is -1.67. The smallest absolute Gasteiger partial charge is 0.324 e. The Balaban J connectivity index is 2.50. The number of hydrogen-bond donors (Lipinski definition) is 2. The number of sulfonamides is 1. The van der Waals surface area contributed by atoms with Gasteiger partial charge in [-0.1, -0.05) is 23.2 Å².